The lowest BCUT2D eigenvalue weighted by molar-refractivity contribution is -0.163. The molecule has 0 saturated carbocycles. The lowest BCUT2D eigenvalue weighted by Crippen LogP contribution is -2.61. The number of nitrogen functional groups attached to an aromatic ring is 1. The van der Waals surface area contributed by atoms with Gasteiger partial charge in [-0.25, -0.2) is 14.6 Å². The molecule has 0 spiro atoms. The number of benzene rings is 2. The molecule has 10 amide bonds. The Kier molecular flexibility index (Phi) is 22.5. The Morgan fingerprint density at radius 3 is 1.55 bits per heavy atom. The van der Waals surface area contributed by atoms with Gasteiger partial charge in [-0.15, -0.1) is 0 Å². The number of nitrogens with two attached hydrogens (primary N) is 1. The Balaban J connectivity index is 1.27. The Morgan fingerprint density at radius 1 is 0.649 bits per heavy atom. The summed E-state index contributed by atoms with van der Waals surface area (Å²) in [6, 6.07) is -5.94. The number of aromatic nitrogens is 2. The minimum absolute atomic E-state index is 0.119. The van der Waals surface area contributed by atoms with Gasteiger partial charge in [-0.1, -0.05) is 55.4 Å². The first-order chi connectivity index (χ1) is 45.6. The fourth-order valence-corrected chi connectivity index (χ4v) is 13.2. The number of esters is 2. The second-order valence-electron chi connectivity index (χ2n) is 27.3. The van der Waals surface area contributed by atoms with Crippen LogP contribution in [0.15, 0.2) is 33.6 Å². The number of carbonyl (C=O) groups excluding carboxylic acids is 12. The number of nitrogens with zero attached hydrogens (tertiary/aromatic N) is 7. The van der Waals surface area contributed by atoms with E-state index in [4.69, 9.17) is 24.6 Å². The van der Waals surface area contributed by atoms with Crippen LogP contribution in [0.2, 0.25) is 0 Å². The maximum Gasteiger partial charge on any atom is 0.329 e. The number of hydrogen-bond acceptors (Lipinski definition) is 19. The number of aryl methyl sites for hydroxylation is 1. The summed E-state index contributed by atoms with van der Waals surface area (Å²) in [6.07, 6.45) is -0.0499. The first kappa shape index (κ1) is 73.2. The highest BCUT2D eigenvalue weighted by Crippen LogP contribution is 2.38. The highest BCUT2D eigenvalue weighted by Gasteiger charge is 2.47. The smallest absolute Gasteiger partial charge is 0.329 e. The molecule has 5 aliphatic heterocycles. The van der Waals surface area contributed by atoms with Gasteiger partial charge in [-0.05, 0) is 95.2 Å². The molecule has 2 aromatic rings. The molecule has 4 fully saturated rings. The van der Waals surface area contributed by atoms with Crippen LogP contribution in [-0.4, -0.2) is 225 Å². The number of ether oxygens (including phenoxy) is 2. The summed E-state index contributed by atoms with van der Waals surface area (Å²) in [5, 5.41) is 14.1. The fraction of sp³-hybridized carbons (Fsp3) is 0.582. The SMILES string of the molecule is Cc1c2oc3c(C)c(NCc4ccc[nH]4)cc(C(=O)N[C@@H]4C(=O)N[C@H](C(C)C)C(=O)N5CCC[C@@H]5C(=O)N(C)CC(=O)N(C)[C@@H](C(C)C)C(=O)O[C@@H]4C)c3nc-2c(C(=O)N[C@H]2C(=O)N[C@@H](C(C)C)C(=O)N3CCC[C@H]3C(=O)N(C)CC(=O)N(C)[C@H](C(C)C)C(=O)O[C@H]2C)c(N)c1=O. The van der Waals surface area contributed by atoms with E-state index in [0.29, 0.717) is 24.1 Å². The summed E-state index contributed by atoms with van der Waals surface area (Å²) in [5.74, 6) is -12.6. The van der Waals surface area contributed by atoms with Crippen LogP contribution in [0.1, 0.15) is 132 Å². The predicted octanol–water partition coefficient (Wildman–Crippen LogP) is 1.67. The van der Waals surface area contributed by atoms with Crippen molar-refractivity contribution < 1.29 is 71.4 Å². The van der Waals surface area contributed by atoms with Gasteiger partial charge in [0.05, 0.1) is 36.4 Å². The topological polar surface area (TPSA) is 388 Å². The lowest BCUT2D eigenvalue weighted by Gasteiger charge is -2.36. The van der Waals surface area contributed by atoms with Crippen molar-refractivity contribution >= 4 is 93.5 Å². The summed E-state index contributed by atoms with van der Waals surface area (Å²) in [7, 11) is 5.59. The van der Waals surface area contributed by atoms with Gasteiger partial charge < -0.3 is 80.6 Å². The van der Waals surface area contributed by atoms with Crippen molar-refractivity contribution in [2.45, 2.75) is 176 Å². The normalized spacial score (nSPS) is 25.2. The fourth-order valence-electron chi connectivity index (χ4n) is 13.2. The summed E-state index contributed by atoms with van der Waals surface area (Å²) < 4.78 is 18.7. The van der Waals surface area contributed by atoms with Gasteiger partial charge in [0.1, 0.15) is 71.8 Å². The van der Waals surface area contributed by atoms with Crippen LogP contribution >= 0.6 is 0 Å². The van der Waals surface area contributed by atoms with Crippen LogP contribution in [0.3, 0.4) is 0 Å². The molecule has 10 atom stereocenters. The highest BCUT2D eigenvalue weighted by molar-refractivity contribution is 6.11. The first-order valence-corrected chi connectivity index (χ1v) is 32.9. The molecular weight excluding hydrogens is 1260 g/mol. The van der Waals surface area contributed by atoms with E-state index in [9.17, 15) is 43.2 Å². The molecular formula is C67H92N14O16. The van der Waals surface area contributed by atoms with Gasteiger partial charge in [0.25, 0.3) is 11.8 Å². The summed E-state index contributed by atoms with van der Waals surface area (Å²) in [4.78, 5) is 205. The zero-order valence-corrected chi connectivity index (χ0v) is 58.0. The molecule has 526 valence electrons. The molecule has 6 heterocycles. The van der Waals surface area contributed by atoms with Gasteiger partial charge in [0.15, 0.2) is 11.3 Å². The molecule has 0 bridgehead atoms. The number of rotatable bonds is 11. The number of carbonyl (C=O) groups is 12. The van der Waals surface area contributed by atoms with Crippen LogP contribution in [-0.2, 0) is 64.0 Å². The predicted molar refractivity (Wildman–Crippen MR) is 354 cm³/mol. The van der Waals surface area contributed by atoms with Crippen molar-refractivity contribution in [3.05, 3.63) is 62.6 Å². The Hall–Kier alpha value is -9.64. The Bertz CT molecular complexity index is 3790. The van der Waals surface area contributed by atoms with Crippen molar-refractivity contribution in [1.29, 1.82) is 0 Å². The zero-order valence-electron chi connectivity index (χ0n) is 58.0. The standard InChI is InChI=1S/C67H92N14O16/c1-30(2)47-64(91)80-24-18-21-41(80)62(89)76(13)28-43(82)78(15)53(32(5)6)66(93)95-36(11)49(60(87)72-47)74-58(85)39-26-40(70-27-38-20-17-23-69-38)34(9)56-51(39)71-52-45(46(68)55(84)35(10)57(52)97-56)59(86)75-50-37(12)96-67(94)54(33(7)8)79(16)44(83)29-77(14)63(90)42-22-19-25-81(42)65(92)48(31(3)4)73-61(50)88/h17,20,23,26,30-33,36-37,41-42,47-50,53-54,69-70H,18-19,21-22,24-25,27-29,68H2,1-16H3,(H,72,87)(H,73,88)(H,74,85)(H,75,86)/t36-,37+,41-,42+,47-,48+,49+,50-,53+,54-/m1/s1. The highest BCUT2D eigenvalue weighted by atomic mass is 16.6. The minimum Gasteiger partial charge on any atom is -0.458 e. The van der Waals surface area contributed by atoms with Crippen molar-refractivity contribution in [3.63, 3.8) is 0 Å². The van der Waals surface area contributed by atoms with Crippen molar-refractivity contribution in [3.8, 4) is 11.5 Å². The van der Waals surface area contributed by atoms with Crippen LogP contribution in [0.5, 0.6) is 0 Å². The summed E-state index contributed by atoms with van der Waals surface area (Å²) in [5.41, 5.74) is 4.39. The van der Waals surface area contributed by atoms with Crippen molar-refractivity contribution in [1.82, 2.24) is 60.6 Å². The van der Waals surface area contributed by atoms with Gasteiger partial charge in [0.2, 0.25) is 52.7 Å². The maximum absolute atomic E-state index is 15.6. The third kappa shape index (κ3) is 15.0. The van der Waals surface area contributed by atoms with Gasteiger partial charge >= 0.3 is 11.9 Å². The van der Waals surface area contributed by atoms with Crippen LogP contribution in [0, 0.1) is 37.5 Å². The zero-order chi connectivity index (χ0) is 71.7. The van der Waals surface area contributed by atoms with E-state index < -0.39 is 191 Å². The van der Waals surface area contributed by atoms with E-state index in [1.807, 2.05) is 0 Å². The quantitative estimate of drug-likeness (QED) is 0.0638. The largest absolute Gasteiger partial charge is 0.458 e. The van der Waals surface area contributed by atoms with Crippen LogP contribution < -0.4 is 37.7 Å². The first-order valence-electron chi connectivity index (χ1n) is 32.9. The molecule has 1 aromatic carbocycles. The van der Waals surface area contributed by atoms with E-state index in [1.165, 1.54) is 74.6 Å². The van der Waals surface area contributed by atoms with E-state index in [0.717, 1.165) is 9.80 Å². The third-order valence-electron chi connectivity index (χ3n) is 18.8. The van der Waals surface area contributed by atoms with E-state index in [-0.39, 0.29) is 66.2 Å². The molecule has 0 unspecified atom stereocenters. The van der Waals surface area contributed by atoms with Crippen molar-refractivity contribution in [2.75, 3.05) is 65.4 Å². The number of amides is 10. The van der Waals surface area contributed by atoms with E-state index >= 15 is 19.2 Å². The third-order valence-corrected chi connectivity index (χ3v) is 18.8. The second-order valence-corrected chi connectivity index (χ2v) is 27.3. The summed E-state index contributed by atoms with van der Waals surface area (Å²) in [6.45, 7) is 18.5. The summed E-state index contributed by atoms with van der Waals surface area (Å²) >= 11 is 0. The number of nitrogens with one attached hydrogen (secondary N) is 6. The van der Waals surface area contributed by atoms with Gasteiger partial charge in [-0.2, -0.15) is 0 Å². The van der Waals surface area contributed by atoms with Gasteiger partial charge in [-0.3, -0.25) is 52.7 Å². The van der Waals surface area contributed by atoms with Gasteiger partial charge in [0, 0.05) is 70.0 Å². The van der Waals surface area contributed by atoms with Crippen molar-refractivity contribution in [2.24, 2.45) is 23.7 Å². The molecule has 6 aliphatic rings. The lowest BCUT2D eigenvalue weighted by atomic mass is 9.98. The number of cyclic esters (lactones) is 2. The molecule has 8 N–H and O–H groups in total. The Labute approximate surface area is 562 Å². The molecule has 8 rings (SSSR count). The monoisotopic (exact) mass is 1350 g/mol. The maximum atomic E-state index is 15.6. The number of fused-ring (bicyclic) bond motifs is 4. The number of hydrogen-bond donors (Lipinski definition) is 7. The number of likely N-dealkylation sites (N-methyl/N-ethyl adjacent to an activating group) is 4. The average molecular weight is 1350 g/mol. The number of anilines is 2. The minimum atomic E-state index is -1.91. The van der Waals surface area contributed by atoms with Crippen LogP contribution in [0.25, 0.3) is 22.6 Å². The molecule has 1 aliphatic carbocycles. The number of H-pyrrole nitrogens is 1. The second kappa shape index (κ2) is 29.8. The molecule has 97 heavy (non-hydrogen) atoms. The molecule has 0 radical (unpaired) electrons. The van der Waals surface area contributed by atoms with E-state index in [2.05, 4.69) is 31.6 Å². The average Bonchev–Trinajstić information content (AvgIpc) is 1.31. The van der Waals surface area contributed by atoms with E-state index in [1.54, 1.807) is 80.6 Å². The molecule has 30 nitrogen and oxygen atoms in total. The molecule has 1 aromatic heterocycles. The Morgan fingerprint density at radius 2 is 1.11 bits per heavy atom. The number of aromatic amines is 1. The molecule has 30 heteroatoms. The molecule has 4 saturated heterocycles. The van der Waals surface area contributed by atoms with Crippen LogP contribution in [0.4, 0.5) is 11.4 Å².